The molecule has 1 saturated heterocycles. The standard InChI is InChI=1S/C30H27N3O2/c1-19-13-21(17-32-29(19)16-31)20-14-22-7-6-8-23(15-20)33(22)30(34)35-18-28-26-11-4-2-9-24(26)25-10-3-5-12-27(25)28/h2-5,9-14,17,22-23,28H,6-8,15,18H2,1H3. The first-order valence-electron chi connectivity index (χ1n) is 12.3. The molecule has 5 heteroatoms. The normalized spacial score (nSPS) is 20.5. The molecule has 2 aliphatic heterocycles. The molecule has 0 saturated carbocycles. The van der Waals surface area contributed by atoms with Crippen molar-refractivity contribution < 1.29 is 9.53 Å². The Kier molecular flexibility index (Phi) is 5.37. The van der Waals surface area contributed by atoms with Crippen LogP contribution in [0.15, 0.2) is 66.9 Å². The number of amides is 1. The van der Waals surface area contributed by atoms with Crippen LogP contribution >= 0.6 is 0 Å². The lowest BCUT2D eigenvalue weighted by molar-refractivity contribution is 0.0539. The molecule has 2 unspecified atom stereocenters. The number of carbonyl (C=O) groups is 1. The number of hydrogen-bond donors (Lipinski definition) is 0. The van der Waals surface area contributed by atoms with E-state index in [1.54, 1.807) is 6.20 Å². The maximum Gasteiger partial charge on any atom is 0.410 e. The number of fused-ring (bicyclic) bond motifs is 5. The Morgan fingerprint density at radius 3 is 2.49 bits per heavy atom. The summed E-state index contributed by atoms with van der Waals surface area (Å²) in [4.78, 5) is 19.7. The lowest BCUT2D eigenvalue weighted by Gasteiger charge is -2.44. The number of ether oxygens (including phenoxy) is 1. The van der Waals surface area contributed by atoms with Crippen molar-refractivity contribution in [2.24, 2.45) is 0 Å². The van der Waals surface area contributed by atoms with Crippen LogP contribution in [0.1, 0.15) is 59.5 Å². The number of hydrogen-bond acceptors (Lipinski definition) is 4. The first-order valence-corrected chi connectivity index (χ1v) is 12.3. The van der Waals surface area contributed by atoms with Gasteiger partial charge in [-0.3, -0.25) is 4.90 Å². The van der Waals surface area contributed by atoms with Gasteiger partial charge >= 0.3 is 6.09 Å². The van der Waals surface area contributed by atoms with Gasteiger partial charge in [0.2, 0.25) is 0 Å². The van der Waals surface area contributed by atoms with Crippen LogP contribution in [0.25, 0.3) is 16.7 Å². The second-order valence-electron chi connectivity index (χ2n) is 9.76. The number of benzene rings is 2. The maximum atomic E-state index is 13.4. The topological polar surface area (TPSA) is 66.2 Å². The Morgan fingerprint density at radius 1 is 1.11 bits per heavy atom. The molecular formula is C30H27N3O2. The zero-order valence-corrected chi connectivity index (χ0v) is 19.8. The monoisotopic (exact) mass is 461 g/mol. The highest BCUT2D eigenvalue weighted by atomic mass is 16.6. The smallest absolute Gasteiger partial charge is 0.410 e. The molecule has 1 aromatic heterocycles. The fourth-order valence-corrected chi connectivity index (χ4v) is 6.06. The van der Waals surface area contributed by atoms with E-state index in [1.165, 1.54) is 27.8 Å². The van der Waals surface area contributed by atoms with Crippen LogP contribution < -0.4 is 0 Å². The van der Waals surface area contributed by atoms with Gasteiger partial charge in [-0.2, -0.15) is 5.26 Å². The molecule has 3 heterocycles. The molecule has 1 amide bonds. The molecule has 0 spiro atoms. The molecule has 2 atom stereocenters. The molecular weight excluding hydrogens is 434 g/mol. The van der Waals surface area contributed by atoms with Crippen molar-refractivity contribution in [2.75, 3.05) is 6.61 Å². The Balaban J connectivity index is 1.22. The van der Waals surface area contributed by atoms with Crippen molar-refractivity contribution in [3.63, 3.8) is 0 Å². The maximum absolute atomic E-state index is 13.4. The molecule has 174 valence electrons. The number of nitrogens with zero attached hydrogens (tertiary/aromatic N) is 3. The minimum absolute atomic E-state index is 0.0316. The van der Waals surface area contributed by atoms with Gasteiger partial charge in [0, 0.05) is 18.2 Å². The van der Waals surface area contributed by atoms with Crippen LogP contribution in [0.5, 0.6) is 0 Å². The third-order valence-corrected chi connectivity index (χ3v) is 7.74. The van der Waals surface area contributed by atoms with Gasteiger partial charge in [0.15, 0.2) is 0 Å². The molecule has 1 aliphatic carbocycles. The van der Waals surface area contributed by atoms with Crippen molar-refractivity contribution in [1.82, 2.24) is 9.88 Å². The summed E-state index contributed by atoms with van der Waals surface area (Å²) < 4.78 is 6.02. The Morgan fingerprint density at radius 2 is 1.83 bits per heavy atom. The molecule has 35 heavy (non-hydrogen) atoms. The minimum Gasteiger partial charge on any atom is -0.448 e. The Hall–Kier alpha value is -3.91. The van der Waals surface area contributed by atoms with Gasteiger partial charge in [-0.1, -0.05) is 54.6 Å². The number of pyridine rings is 1. The number of aryl methyl sites for hydroxylation is 1. The van der Waals surface area contributed by atoms with E-state index in [-0.39, 0.29) is 24.1 Å². The fourth-order valence-electron chi connectivity index (χ4n) is 6.06. The van der Waals surface area contributed by atoms with Crippen molar-refractivity contribution in [1.29, 1.82) is 5.26 Å². The summed E-state index contributed by atoms with van der Waals surface area (Å²) in [6, 6.07) is 21.2. The van der Waals surface area contributed by atoms with Crippen LogP contribution in [0.3, 0.4) is 0 Å². The lowest BCUT2D eigenvalue weighted by Crippen LogP contribution is -2.51. The summed E-state index contributed by atoms with van der Waals surface area (Å²) in [5.41, 5.74) is 8.53. The van der Waals surface area contributed by atoms with Gasteiger partial charge in [-0.15, -0.1) is 0 Å². The van der Waals surface area contributed by atoms with Crippen molar-refractivity contribution in [3.05, 3.63) is 94.8 Å². The molecule has 2 bridgehead atoms. The number of piperidine rings is 1. The van der Waals surface area contributed by atoms with Gasteiger partial charge in [-0.25, -0.2) is 9.78 Å². The van der Waals surface area contributed by atoms with Crippen LogP contribution in [-0.2, 0) is 4.74 Å². The first-order chi connectivity index (χ1) is 17.1. The van der Waals surface area contributed by atoms with E-state index in [2.05, 4.69) is 65.7 Å². The van der Waals surface area contributed by atoms with Gasteiger partial charge < -0.3 is 4.74 Å². The van der Waals surface area contributed by atoms with Gasteiger partial charge in [-0.05, 0) is 77.6 Å². The summed E-state index contributed by atoms with van der Waals surface area (Å²) in [5.74, 6) is 0.0646. The number of rotatable bonds is 3. The second kappa shape index (κ2) is 8.70. The fraction of sp³-hybridized carbons (Fsp3) is 0.300. The van der Waals surface area contributed by atoms with E-state index in [0.717, 1.165) is 36.8 Å². The summed E-state index contributed by atoms with van der Waals surface area (Å²) in [5, 5.41) is 9.20. The van der Waals surface area contributed by atoms with Crippen molar-refractivity contribution >= 4 is 11.7 Å². The van der Waals surface area contributed by atoms with E-state index in [0.29, 0.717) is 12.3 Å². The van der Waals surface area contributed by atoms with Gasteiger partial charge in [0.1, 0.15) is 18.4 Å². The van der Waals surface area contributed by atoms with Crippen LogP contribution in [0, 0.1) is 18.3 Å². The third-order valence-electron chi connectivity index (χ3n) is 7.74. The van der Waals surface area contributed by atoms with E-state index < -0.39 is 0 Å². The van der Waals surface area contributed by atoms with E-state index in [1.807, 2.05) is 17.9 Å². The average molecular weight is 462 g/mol. The van der Waals surface area contributed by atoms with Crippen LogP contribution in [0.4, 0.5) is 4.79 Å². The highest BCUT2D eigenvalue weighted by Gasteiger charge is 2.39. The molecule has 1 fully saturated rings. The zero-order valence-electron chi connectivity index (χ0n) is 19.8. The number of nitriles is 1. The lowest BCUT2D eigenvalue weighted by atomic mass is 9.83. The van der Waals surface area contributed by atoms with Crippen LogP contribution in [0.2, 0.25) is 0 Å². The highest BCUT2D eigenvalue weighted by molar-refractivity contribution is 5.79. The van der Waals surface area contributed by atoms with E-state index >= 15 is 0 Å². The molecule has 3 aliphatic rings. The van der Waals surface area contributed by atoms with Gasteiger partial charge in [0.25, 0.3) is 0 Å². The highest BCUT2D eigenvalue weighted by Crippen LogP contribution is 2.45. The summed E-state index contributed by atoms with van der Waals surface area (Å²) in [6.45, 7) is 2.26. The largest absolute Gasteiger partial charge is 0.448 e. The molecule has 6 rings (SSSR count). The molecule has 2 aromatic carbocycles. The van der Waals surface area contributed by atoms with Crippen LogP contribution in [-0.4, -0.2) is 34.7 Å². The number of aromatic nitrogens is 1. The molecule has 0 N–H and O–H groups in total. The quantitative estimate of drug-likeness (QED) is 0.464. The average Bonchev–Trinajstić information content (AvgIpc) is 3.20. The Bertz CT molecular complexity index is 1340. The molecule has 0 radical (unpaired) electrons. The minimum atomic E-state index is -0.217. The first kappa shape index (κ1) is 21.6. The summed E-state index contributed by atoms with van der Waals surface area (Å²) in [7, 11) is 0. The summed E-state index contributed by atoms with van der Waals surface area (Å²) >= 11 is 0. The SMILES string of the molecule is Cc1cc(C2=CC3CCCC(C2)N3C(=O)OCC2c3ccccc3-c3ccccc32)cnc1C#N. The number of carbonyl (C=O) groups excluding carboxylic acids is 1. The third kappa shape index (κ3) is 3.70. The molecule has 5 nitrogen and oxygen atoms in total. The predicted octanol–water partition coefficient (Wildman–Crippen LogP) is 6.22. The zero-order chi connectivity index (χ0) is 23.9. The van der Waals surface area contributed by atoms with Crippen molar-refractivity contribution in [2.45, 2.75) is 50.6 Å². The van der Waals surface area contributed by atoms with Crippen molar-refractivity contribution in [3.8, 4) is 17.2 Å². The second-order valence-corrected chi connectivity index (χ2v) is 9.76. The molecule has 3 aromatic rings. The van der Waals surface area contributed by atoms with E-state index in [9.17, 15) is 10.1 Å². The van der Waals surface area contributed by atoms with E-state index in [4.69, 9.17) is 4.74 Å². The summed E-state index contributed by atoms with van der Waals surface area (Å²) in [6.07, 6.45) is 7.58. The predicted molar refractivity (Wildman–Crippen MR) is 135 cm³/mol. The Labute approximate surface area is 205 Å². The van der Waals surface area contributed by atoms with Gasteiger partial charge in [0.05, 0.1) is 6.04 Å².